The van der Waals surface area contributed by atoms with E-state index >= 15 is 0 Å². The zero-order valence-electron chi connectivity index (χ0n) is 16.6. The number of hydrogen-bond donors (Lipinski definition) is 1. The standard InChI is InChI=1S/C20H29N5O.HI/c1-15-19(16(2)25(23-15)18-8-6-5-7-9-18)12-22-20(21-3)24-11-10-17(13-24)14-26-4;/h5-9,17H,10-14H2,1-4H3,(H,21,22);1H. The zero-order valence-corrected chi connectivity index (χ0v) is 18.9. The van der Waals surface area contributed by atoms with Crippen molar-refractivity contribution in [2.24, 2.45) is 10.9 Å². The van der Waals surface area contributed by atoms with E-state index in [2.05, 4.69) is 41.2 Å². The average Bonchev–Trinajstić information content (AvgIpc) is 3.22. The van der Waals surface area contributed by atoms with Gasteiger partial charge in [-0.15, -0.1) is 24.0 Å². The lowest BCUT2D eigenvalue weighted by Gasteiger charge is -2.21. The number of nitrogens with zero attached hydrogens (tertiary/aromatic N) is 4. The molecule has 1 unspecified atom stereocenters. The Bertz CT molecular complexity index is 759. The summed E-state index contributed by atoms with van der Waals surface area (Å²) in [5.41, 5.74) is 4.52. The van der Waals surface area contributed by atoms with Crippen molar-refractivity contribution in [3.8, 4) is 5.69 Å². The Morgan fingerprint density at radius 1 is 1.30 bits per heavy atom. The van der Waals surface area contributed by atoms with E-state index in [4.69, 9.17) is 9.84 Å². The van der Waals surface area contributed by atoms with E-state index < -0.39 is 0 Å². The second kappa shape index (κ2) is 10.1. The second-order valence-corrected chi connectivity index (χ2v) is 6.85. The van der Waals surface area contributed by atoms with Gasteiger partial charge in [0.05, 0.1) is 18.0 Å². The maximum atomic E-state index is 5.30. The fourth-order valence-corrected chi connectivity index (χ4v) is 3.65. The number of methoxy groups -OCH3 is 1. The number of ether oxygens (including phenoxy) is 1. The molecule has 0 aliphatic carbocycles. The predicted molar refractivity (Wildman–Crippen MR) is 120 cm³/mol. The summed E-state index contributed by atoms with van der Waals surface area (Å²) in [5.74, 6) is 1.54. The van der Waals surface area contributed by atoms with Gasteiger partial charge in [-0.05, 0) is 32.4 Å². The highest BCUT2D eigenvalue weighted by Crippen LogP contribution is 2.19. The quantitative estimate of drug-likeness (QED) is 0.404. The van der Waals surface area contributed by atoms with Crippen molar-refractivity contribution in [2.75, 3.05) is 33.9 Å². The van der Waals surface area contributed by atoms with Crippen molar-refractivity contribution >= 4 is 29.9 Å². The molecule has 6 nitrogen and oxygen atoms in total. The first kappa shape index (κ1) is 21.7. The lowest BCUT2D eigenvalue weighted by molar-refractivity contribution is 0.157. The summed E-state index contributed by atoms with van der Waals surface area (Å²) in [6.07, 6.45) is 1.15. The number of rotatable bonds is 5. The number of nitrogens with one attached hydrogen (secondary N) is 1. The molecule has 0 bridgehead atoms. The summed E-state index contributed by atoms with van der Waals surface area (Å²) in [7, 11) is 3.62. The molecule has 27 heavy (non-hydrogen) atoms. The molecule has 1 saturated heterocycles. The van der Waals surface area contributed by atoms with Crippen LogP contribution in [-0.4, -0.2) is 54.5 Å². The van der Waals surface area contributed by atoms with Crippen molar-refractivity contribution in [1.82, 2.24) is 20.0 Å². The zero-order chi connectivity index (χ0) is 18.5. The van der Waals surface area contributed by atoms with E-state index in [1.54, 1.807) is 7.11 Å². The molecule has 148 valence electrons. The van der Waals surface area contributed by atoms with E-state index in [0.717, 1.165) is 55.7 Å². The number of guanidine groups is 1. The fraction of sp³-hybridized carbons (Fsp3) is 0.500. The van der Waals surface area contributed by atoms with E-state index in [1.807, 2.05) is 29.9 Å². The number of hydrogen-bond acceptors (Lipinski definition) is 3. The molecule has 2 heterocycles. The Morgan fingerprint density at radius 3 is 2.70 bits per heavy atom. The Morgan fingerprint density at radius 2 is 2.04 bits per heavy atom. The lowest BCUT2D eigenvalue weighted by Crippen LogP contribution is -2.40. The Kier molecular flexibility index (Phi) is 8.09. The monoisotopic (exact) mass is 483 g/mol. The smallest absolute Gasteiger partial charge is 0.193 e. The minimum absolute atomic E-state index is 0. The van der Waals surface area contributed by atoms with Gasteiger partial charge >= 0.3 is 0 Å². The third-order valence-corrected chi connectivity index (χ3v) is 5.06. The maximum Gasteiger partial charge on any atom is 0.193 e. The molecule has 7 heteroatoms. The van der Waals surface area contributed by atoms with E-state index in [9.17, 15) is 0 Å². The first-order valence-electron chi connectivity index (χ1n) is 9.19. The number of aryl methyl sites for hydroxylation is 1. The first-order valence-corrected chi connectivity index (χ1v) is 9.19. The molecule has 1 aliphatic heterocycles. The molecule has 1 N–H and O–H groups in total. The lowest BCUT2D eigenvalue weighted by atomic mass is 10.1. The minimum atomic E-state index is 0. The van der Waals surface area contributed by atoms with Gasteiger partial charge in [0.25, 0.3) is 0 Å². The van der Waals surface area contributed by atoms with E-state index in [0.29, 0.717) is 5.92 Å². The van der Waals surface area contributed by atoms with Crippen LogP contribution < -0.4 is 5.32 Å². The molecule has 1 aromatic heterocycles. The van der Waals surface area contributed by atoms with Crippen molar-refractivity contribution in [1.29, 1.82) is 0 Å². The summed E-state index contributed by atoms with van der Waals surface area (Å²) < 4.78 is 7.31. The minimum Gasteiger partial charge on any atom is -0.384 e. The molecule has 2 aromatic rings. The molecular formula is C20H30IN5O. The fourth-order valence-electron chi connectivity index (χ4n) is 3.65. The molecule has 1 fully saturated rings. The number of para-hydroxylation sites is 1. The van der Waals surface area contributed by atoms with Crippen LogP contribution >= 0.6 is 24.0 Å². The van der Waals surface area contributed by atoms with Crippen molar-refractivity contribution in [2.45, 2.75) is 26.8 Å². The summed E-state index contributed by atoms with van der Waals surface area (Å²) >= 11 is 0. The van der Waals surface area contributed by atoms with Crippen LogP contribution in [0.3, 0.4) is 0 Å². The van der Waals surface area contributed by atoms with E-state index in [-0.39, 0.29) is 24.0 Å². The van der Waals surface area contributed by atoms with Crippen LogP contribution in [0.15, 0.2) is 35.3 Å². The van der Waals surface area contributed by atoms with Gasteiger partial charge in [0, 0.05) is 51.0 Å². The van der Waals surface area contributed by atoms with Gasteiger partial charge < -0.3 is 15.0 Å². The molecule has 1 aliphatic rings. The second-order valence-electron chi connectivity index (χ2n) is 6.85. The SMILES string of the molecule is CN=C(NCc1c(C)nn(-c2ccccc2)c1C)N1CCC(COC)C1.I. The van der Waals surface area contributed by atoms with Gasteiger partial charge in [-0.2, -0.15) is 5.10 Å². The first-order chi connectivity index (χ1) is 12.6. The summed E-state index contributed by atoms with van der Waals surface area (Å²) in [6.45, 7) is 7.75. The van der Waals surface area contributed by atoms with Crippen LogP contribution in [0.4, 0.5) is 0 Å². The van der Waals surface area contributed by atoms with Crippen LogP contribution in [0.25, 0.3) is 5.69 Å². The van der Waals surface area contributed by atoms with Crippen molar-refractivity contribution in [3.05, 3.63) is 47.3 Å². The molecule has 1 aromatic carbocycles. The van der Waals surface area contributed by atoms with E-state index in [1.165, 1.54) is 5.56 Å². The van der Waals surface area contributed by atoms with Gasteiger partial charge in [-0.1, -0.05) is 18.2 Å². The van der Waals surface area contributed by atoms with Crippen molar-refractivity contribution in [3.63, 3.8) is 0 Å². The van der Waals surface area contributed by atoms with Crippen LogP contribution in [-0.2, 0) is 11.3 Å². The number of likely N-dealkylation sites (tertiary alicyclic amines) is 1. The number of aliphatic imine (C=N–C) groups is 1. The third kappa shape index (κ3) is 5.01. The summed E-state index contributed by atoms with van der Waals surface area (Å²) in [6, 6.07) is 10.3. The third-order valence-electron chi connectivity index (χ3n) is 5.06. The van der Waals surface area contributed by atoms with Gasteiger partial charge in [-0.3, -0.25) is 4.99 Å². The average molecular weight is 483 g/mol. The highest BCUT2D eigenvalue weighted by Gasteiger charge is 2.25. The Balaban J connectivity index is 0.00000261. The summed E-state index contributed by atoms with van der Waals surface area (Å²) in [5, 5.41) is 8.24. The Labute approximate surface area is 179 Å². The molecule has 1 atom stereocenters. The molecule has 3 rings (SSSR count). The van der Waals surface area contributed by atoms with Crippen molar-refractivity contribution < 1.29 is 4.74 Å². The topological polar surface area (TPSA) is 54.7 Å². The molecular weight excluding hydrogens is 453 g/mol. The molecule has 0 radical (unpaired) electrons. The summed E-state index contributed by atoms with van der Waals surface area (Å²) in [4.78, 5) is 6.78. The van der Waals surface area contributed by atoms with Gasteiger partial charge in [0.1, 0.15) is 0 Å². The Hall–Kier alpha value is -1.61. The largest absolute Gasteiger partial charge is 0.384 e. The van der Waals surface area contributed by atoms with Crippen LogP contribution in [0.1, 0.15) is 23.4 Å². The number of halogens is 1. The van der Waals surface area contributed by atoms with Gasteiger partial charge in [0.15, 0.2) is 5.96 Å². The maximum absolute atomic E-state index is 5.30. The molecule has 0 saturated carbocycles. The van der Waals surface area contributed by atoms with Crippen LogP contribution in [0, 0.1) is 19.8 Å². The highest BCUT2D eigenvalue weighted by atomic mass is 127. The predicted octanol–water partition coefficient (Wildman–Crippen LogP) is 3.15. The molecule has 0 amide bonds. The normalized spacial score (nSPS) is 17.1. The molecule has 0 spiro atoms. The van der Waals surface area contributed by atoms with Gasteiger partial charge in [0.2, 0.25) is 0 Å². The van der Waals surface area contributed by atoms with Crippen LogP contribution in [0.2, 0.25) is 0 Å². The van der Waals surface area contributed by atoms with Crippen LogP contribution in [0.5, 0.6) is 0 Å². The van der Waals surface area contributed by atoms with Gasteiger partial charge in [-0.25, -0.2) is 4.68 Å². The number of aromatic nitrogens is 2. The highest BCUT2D eigenvalue weighted by molar-refractivity contribution is 14.0. The number of benzene rings is 1.